The van der Waals surface area contributed by atoms with Crippen molar-refractivity contribution in [3.05, 3.63) is 47.9 Å². The van der Waals surface area contributed by atoms with Crippen molar-refractivity contribution in [1.82, 2.24) is 0 Å². The largest absolute Gasteiger partial charge is 0.495 e. The van der Waals surface area contributed by atoms with E-state index in [0.717, 1.165) is 13.2 Å². The third kappa shape index (κ3) is 4.04. The lowest BCUT2D eigenvalue weighted by molar-refractivity contribution is 0.0712. The molecule has 0 bridgehead atoms. The minimum Gasteiger partial charge on any atom is -0.495 e. The van der Waals surface area contributed by atoms with Gasteiger partial charge in [0.2, 0.25) is 34.8 Å². The van der Waals surface area contributed by atoms with E-state index >= 15 is 0 Å². The van der Waals surface area contributed by atoms with Crippen molar-refractivity contribution in [1.29, 1.82) is 0 Å². The second kappa shape index (κ2) is 8.23. The second-order valence-corrected chi connectivity index (χ2v) is 8.45. The summed E-state index contributed by atoms with van der Waals surface area (Å²) in [4.78, 5) is 11.7. The summed E-state index contributed by atoms with van der Waals surface area (Å²) in [7, 11) is -3.73. The van der Waals surface area contributed by atoms with Gasteiger partial charge >= 0.3 is 5.97 Å². The Morgan fingerprint density at radius 2 is 1.43 bits per heavy atom. The van der Waals surface area contributed by atoms with Crippen molar-refractivity contribution in [2.24, 2.45) is 0 Å². The summed E-state index contributed by atoms with van der Waals surface area (Å²) in [6, 6.07) is 0.832. The molecule has 0 saturated carbocycles. The van der Waals surface area contributed by atoms with Crippen LogP contribution in [0.2, 0.25) is 0 Å². The quantitative estimate of drug-likeness (QED) is 0.102. The smallest absolute Gasteiger partial charge is 0.347 e. The van der Waals surface area contributed by atoms with Gasteiger partial charge < -0.3 is 9.47 Å². The Morgan fingerprint density at radius 1 is 0.964 bits per heavy atom. The first-order valence-electron chi connectivity index (χ1n) is 6.60. The van der Waals surface area contributed by atoms with E-state index in [9.17, 15) is 39.7 Å². The Bertz CT molecular complexity index is 1080. The summed E-state index contributed by atoms with van der Waals surface area (Å²) in [5.74, 6) is -15.7. The zero-order chi connectivity index (χ0) is 21.5. The molecule has 28 heavy (non-hydrogen) atoms. The zero-order valence-corrected chi connectivity index (χ0v) is 18.3. The number of ether oxygens (including phenoxy) is 2. The lowest BCUT2D eigenvalue weighted by Gasteiger charge is -2.15. The molecule has 6 nitrogen and oxygen atoms in total. The molecular formula is C14H5F5I2O6S. The van der Waals surface area contributed by atoms with Crippen LogP contribution in [0.15, 0.2) is 11.0 Å². The highest BCUT2D eigenvalue weighted by Crippen LogP contribution is 2.36. The maximum atomic E-state index is 13.7. The molecule has 2 rings (SSSR count). The highest BCUT2D eigenvalue weighted by atomic mass is 127. The number of rotatable bonds is 4. The molecule has 0 aromatic heterocycles. The molecule has 0 radical (unpaired) electrons. The Hall–Kier alpha value is -1.27. The van der Waals surface area contributed by atoms with E-state index in [1.165, 1.54) is 45.2 Å². The maximum absolute atomic E-state index is 13.7. The lowest BCUT2D eigenvalue weighted by Crippen LogP contribution is -2.17. The average molecular weight is 650 g/mol. The van der Waals surface area contributed by atoms with Gasteiger partial charge in [-0.25, -0.2) is 18.0 Å². The van der Waals surface area contributed by atoms with E-state index in [0.29, 0.717) is 0 Å². The molecule has 0 aliphatic heterocycles. The first-order chi connectivity index (χ1) is 12.8. The summed E-state index contributed by atoms with van der Waals surface area (Å²) in [5.41, 5.74) is -0.590. The summed E-state index contributed by atoms with van der Waals surface area (Å²) in [6.07, 6.45) is 0. The third-order valence-corrected chi connectivity index (χ3v) is 6.73. The highest BCUT2D eigenvalue weighted by molar-refractivity contribution is 14.1. The van der Waals surface area contributed by atoms with Crippen LogP contribution in [-0.4, -0.2) is 26.0 Å². The normalized spacial score (nSPS) is 11.5. The van der Waals surface area contributed by atoms with Gasteiger partial charge in [-0.3, -0.25) is 4.55 Å². The molecular weight excluding hydrogens is 645 g/mol. The predicted molar refractivity (Wildman–Crippen MR) is 99.4 cm³/mol. The molecule has 0 spiro atoms. The van der Waals surface area contributed by atoms with Gasteiger partial charge in [0, 0.05) is 3.57 Å². The monoisotopic (exact) mass is 650 g/mol. The number of carbonyl (C=O) groups is 1. The van der Waals surface area contributed by atoms with Crippen LogP contribution in [0, 0.1) is 36.2 Å². The van der Waals surface area contributed by atoms with E-state index in [1.54, 1.807) is 0 Å². The molecule has 2 aromatic rings. The van der Waals surface area contributed by atoms with E-state index in [4.69, 9.17) is 4.74 Å². The van der Waals surface area contributed by atoms with Crippen LogP contribution in [0.5, 0.6) is 11.5 Å². The average Bonchev–Trinajstić information content (AvgIpc) is 2.60. The van der Waals surface area contributed by atoms with Crippen LogP contribution in [0.3, 0.4) is 0 Å². The van der Waals surface area contributed by atoms with Gasteiger partial charge in [-0.2, -0.15) is 17.2 Å². The van der Waals surface area contributed by atoms with Gasteiger partial charge in [-0.05, 0) is 51.2 Å². The van der Waals surface area contributed by atoms with Gasteiger partial charge in [-0.1, -0.05) is 0 Å². The minimum absolute atomic E-state index is 0.199. The fourth-order valence-corrected chi connectivity index (χ4v) is 6.19. The van der Waals surface area contributed by atoms with E-state index in [-0.39, 0.29) is 7.14 Å². The van der Waals surface area contributed by atoms with Crippen LogP contribution in [0.4, 0.5) is 22.0 Å². The summed E-state index contributed by atoms with van der Waals surface area (Å²) in [6.45, 7) is 0. The summed E-state index contributed by atoms with van der Waals surface area (Å²) >= 11 is 2.85. The fraction of sp³-hybridized carbons (Fsp3) is 0.0714. The molecule has 0 unspecified atom stereocenters. The van der Waals surface area contributed by atoms with Crippen LogP contribution in [0.25, 0.3) is 0 Å². The van der Waals surface area contributed by atoms with E-state index in [1.807, 2.05) is 0 Å². The van der Waals surface area contributed by atoms with E-state index < -0.39 is 67.1 Å². The molecule has 0 aliphatic rings. The maximum Gasteiger partial charge on any atom is 0.347 e. The molecule has 1 N–H and O–H groups in total. The highest BCUT2D eigenvalue weighted by Gasteiger charge is 2.32. The van der Waals surface area contributed by atoms with Crippen molar-refractivity contribution in [3.8, 4) is 11.5 Å². The first-order valence-corrected chi connectivity index (χ1v) is 10.2. The number of benzene rings is 2. The summed E-state index contributed by atoms with van der Waals surface area (Å²) < 4.78 is 108. The van der Waals surface area contributed by atoms with E-state index in [2.05, 4.69) is 4.74 Å². The molecule has 0 fully saturated rings. The number of methoxy groups -OCH3 is 1. The Balaban J connectivity index is 2.64. The third-order valence-electron chi connectivity index (χ3n) is 3.18. The number of halogens is 7. The molecule has 0 saturated heterocycles. The summed E-state index contributed by atoms with van der Waals surface area (Å²) in [5, 5.41) is 0. The van der Waals surface area contributed by atoms with Gasteiger partial charge in [-0.15, -0.1) is 0 Å². The van der Waals surface area contributed by atoms with Crippen molar-refractivity contribution in [2.45, 2.75) is 4.90 Å². The molecule has 2 aromatic carbocycles. The SMILES string of the molecule is COc1c(C(=O)Oc2c(F)c(F)c(F)c(F)c2F)cc(I)c(S(=O)(=O)O)c1I. The standard InChI is InChI=1S/C14H5F5I2O6S/c1-26-11-3(2-4(20)13(10(11)21)28(23,24)25)14(22)27-12-8(18)6(16)5(15)7(17)9(12)19/h2H,1H3,(H,23,24,25). The molecule has 0 amide bonds. The Morgan fingerprint density at radius 3 is 1.86 bits per heavy atom. The van der Waals surface area contributed by atoms with Crippen molar-refractivity contribution in [2.75, 3.05) is 7.11 Å². The molecule has 0 heterocycles. The van der Waals surface area contributed by atoms with Gasteiger partial charge in [0.25, 0.3) is 10.1 Å². The molecule has 152 valence electrons. The molecule has 0 aliphatic carbocycles. The molecule has 0 atom stereocenters. The predicted octanol–water partition coefficient (Wildman–Crippen LogP) is 4.07. The van der Waals surface area contributed by atoms with Crippen molar-refractivity contribution >= 4 is 61.3 Å². The van der Waals surface area contributed by atoms with Gasteiger partial charge in [0.15, 0.2) is 0 Å². The second-order valence-electron chi connectivity index (χ2n) is 4.85. The Kier molecular flexibility index (Phi) is 6.76. The van der Waals surface area contributed by atoms with Crippen LogP contribution in [0.1, 0.15) is 10.4 Å². The van der Waals surface area contributed by atoms with Gasteiger partial charge in [0.1, 0.15) is 16.2 Å². The first kappa shape index (κ1) is 23.0. The van der Waals surface area contributed by atoms with Crippen LogP contribution >= 0.6 is 45.2 Å². The topological polar surface area (TPSA) is 89.9 Å². The minimum atomic E-state index is -4.74. The Labute approximate surface area is 181 Å². The number of carbonyl (C=O) groups excluding carboxylic acids is 1. The van der Waals surface area contributed by atoms with Crippen LogP contribution < -0.4 is 9.47 Å². The fourth-order valence-electron chi connectivity index (χ4n) is 1.99. The number of esters is 1. The molecule has 14 heteroatoms. The van der Waals surface area contributed by atoms with Crippen LogP contribution in [-0.2, 0) is 10.1 Å². The van der Waals surface area contributed by atoms with Gasteiger partial charge in [0.05, 0.1) is 10.7 Å². The lowest BCUT2D eigenvalue weighted by atomic mass is 10.2. The zero-order valence-electron chi connectivity index (χ0n) is 13.1. The number of hydrogen-bond acceptors (Lipinski definition) is 5. The van der Waals surface area contributed by atoms with Crippen molar-refractivity contribution in [3.63, 3.8) is 0 Å². The van der Waals surface area contributed by atoms with Crippen molar-refractivity contribution < 1.29 is 49.2 Å². The number of hydrogen-bond donors (Lipinski definition) is 1.